The Morgan fingerprint density at radius 3 is 2.07 bits per heavy atom. The third-order valence-corrected chi connectivity index (χ3v) is 2.08. The van der Waals surface area contributed by atoms with Crippen molar-refractivity contribution in [1.29, 1.82) is 0 Å². The van der Waals surface area contributed by atoms with Gasteiger partial charge in [0.05, 0.1) is 7.11 Å². The third kappa shape index (κ3) is 4.98. The number of hydrogen-bond acceptors (Lipinski definition) is 3. The Bertz CT molecular complexity index is 238. The minimum Gasteiger partial charge on any atom is -0.466 e. The minimum absolute atomic E-state index is 0.0440. The Morgan fingerprint density at radius 1 is 1.33 bits per heavy atom. The molecule has 0 rings (SSSR count). The van der Waals surface area contributed by atoms with E-state index in [1.807, 2.05) is 0 Å². The summed E-state index contributed by atoms with van der Waals surface area (Å²) in [6.07, 6.45) is 0. The van der Waals surface area contributed by atoms with Crippen LogP contribution in [0.5, 0.6) is 0 Å². The molecule has 3 heteroatoms. The van der Waals surface area contributed by atoms with Crippen molar-refractivity contribution in [2.75, 3.05) is 7.11 Å². The van der Waals surface area contributed by atoms with Gasteiger partial charge in [-0.2, -0.15) is 0 Å². The van der Waals surface area contributed by atoms with E-state index in [2.05, 4.69) is 51.3 Å². The van der Waals surface area contributed by atoms with Crippen LogP contribution in [0, 0.1) is 5.92 Å². The highest BCUT2D eigenvalue weighted by Crippen LogP contribution is 2.15. The van der Waals surface area contributed by atoms with E-state index in [0.717, 1.165) is 0 Å². The second-order valence-electron chi connectivity index (χ2n) is 5.13. The van der Waals surface area contributed by atoms with E-state index in [4.69, 9.17) is 0 Å². The number of nitrogens with one attached hydrogen (secondary N) is 1. The zero-order valence-corrected chi connectivity index (χ0v) is 10.7. The van der Waals surface area contributed by atoms with Crippen LogP contribution in [-0.4, -0.2) is 24.7 Å². The Kier molecular flexibility index (Phi) is 5.01. The fraction of sp³-hybridized carbons (Fsp3) is 0.750. The Morgan fingerprint density at radius 2 is 1.80 bits per heavy atom. The van der Waals surface area contributed by atoms with Gasteiger partial charge < -0.3 is 10.1 Å². The lowest BCUT2D eigenvalue weighted by atomic mass is 9.94. The molecule has 0 aromatic heterocycles. The van der Waals surface area contributed by atoms with E-state index in [9.17, 15) is 4.79 Å². The van der Waals surface area contributed by atoms with Crippen molar-refractivity contribution >= 4 is 5.97 Å². The molecule has 0 aliphatic carbocycles. The quantitative estimate of drug-likeness (QED) is 0.574. The summed E-state index contributed by atoms with van der Waals surface area (Å²) >= 11 is 0. The molecule has 0 bridgehead atoms. The van der Waals surface area contributed by atoms with E-state index in [1.54, 1.807) is 0 Å². The zero-order valence-electron chi connectivity index (χ0n) is 10.7. The Hall–Kier alpha value is -0.830. The van der Waals surface area contributed by atoms with Crippen molar-refractivity contribution in [2.24, 2.45) is 5.92 Å². The van der Waals surface area contributed by atoms with Gasteiger partial charge in [-0.05, 0) is 26.7 Å². The van der Waals surface area contributed by atoms with Gasteiger partial charge in [0.15, 0.2) is 0 Å². The molecule has 1 N–H and O–H groups in total. The topological polar surface area (TPSA) is 38.3 Å². The van der Waals surface area contributed by atoms with Crippen molar-refractivity contribution in [1.82, 2.24) is 5.32 Å². The number of carbonyl (C=O) groups excluding carboxylic acids is 1. The van der Waals surface area contributed by atoms with Crippen molar-refractivity contribution < 1.29 is 9.53 Å². The van der Waals surface area contributed by atoms with Crippen LogP contribution in [0.1, 0.15) is 34.6 Å². The molecule has 0 aromatic carbocycles. The molecule has 0 heterocycles. The average molecular weight is 213 g/mol. The largest absolute Gasteiger partial charge is 0.466 e. The highest BCUT2D eigenvalue weighted by atomic mass is 16.5. The number of esters is 1. The van der Waals surface area contributed by atoms with Gasteiger partial charge >= 0.3 is 5.97 Å². The van der Waals surface area contributed by atoms with Crippen molar-refractivity contribution in [3.8, 4) is 0 Å². The summed E-state index contributed by atoms with van der Waals surface area (Å²) in [6, 6.07) is -0.0440. The normalized spacial score (nSPS) is 13.8. The first-order valence-electron chi connectivity index (χ1n) is 5.24. The second kappa shape index (κ2) is 5.31. The predicted octanol–water partition coefficient (Wildman–Crippen LogP) is 2.13. The fourth-order valence-electron chi connectivity index (χ4n) is 1.38. The summed E-state index contributed by atoms with van der Waals surface area (Å²) in [5.74, 6) is -0.0405. The van der Waals surface area contributed by atoms with E-state index in [1.165, 1.54) is 7.11 Å². The summed E-state index contributed by atoms with van der Waals surface area (Å²) < 4.78 is 4.68. The van der Waals surface area contributed by atoms with Crippen LogP contribution in [0.25, 0.3) is 0 Å². The van der Waals surface area contributed by atoms with Crippen LogP contribution in [0.3, 0.4) is 0 Å². The van der Waals surface area contributed by atoms with Gasteiger partial charge in [0.1, 0.15) is 0 Å². The smallest absolute Gasteiger partial charge is 0.334 e. The fourth-order valence-corrected chi connectivity index (χ4v) is 1.38. The molecule has 3 nitrogen and oxygen atoms in total. The first kappa shape index (κ1) is 14.2. The molecule has 1 unspecified atom stereocenters. The summed E-state index contributed by atoms with van der Waals surface area (Å²) in [5.41, 5.74) is 0.439. The zero-order chi connectivity index (χ0) is 12.2. The first-order valence-corrected chi connectivity index (χ1v) is 5.24. The summed E-state index contributed by atoms with van der Waals surface area (Å²) in [5, 5.41) is 3.37. The highest BCUT2D eigenvalue weighted by Gasteiger charge is 2.26. The average Bonchev–Trinajstić information content (AvgIpc) is 2.10. The maximum atomic E-state index is 11.4. The molecule has 1 atom stereocenters. The Balaban J connectivity index is 4.68. The molecule has 0 aliphatic rings. The van der Waals surface area contributed by atoms with Gasteiger partial charge in [-0.15, -0.1) is 0 Å². The van der Waals surface area contributed by atoms with Gasteiger partial charge in [0.2, 0.25) is 0 Å². The molecule has 15 heavy (non-hydrogen) atoms. The van der Waals surface area contributed by atoms with Gasteiger partial charge in [-0.25, -0.2) is 4.79 Å². The highest BCUT2D eigenvalue weighted by molar-refractivity contribution is 5.89. The van der Waals surface area contributed by atoms with Crippen LogP contribution in [-0.2, 0) is 9.53 Å². The number of ether oxygens (including phenoxy) is 1. The molecule has 0 saturated carbocycles. The van der Waals surface area contributed by atoms with Crippen molar-refractivity contribution in [3.63, 3.8) is 0 Å². The monoisotopic (exact) mass is 213 g/mol. The van der Waals surface area contributed by atoms with E-state index < -0.39 is 0 Å². The maximum Gasteiger partial charge on any atom is 0.334 e. The summed E-state index contributed by atoms with van der Waals surface area (Å²) in [7, 11) is 1.38. The molecule has 0 spiro atoms. The standard InChI is InChI=1S/C12H23NO2/c1-8(2)10(13-12(4,5)6)9(3)11(14)15-7/h8,10,13H,3H2,1-2,4-7H3. The number of rotatable bonds is 4. The minimum atomic E-state index is -0.342. The van der Waals surface area contributed by atoms with Gasteiger partial charge in [-0.3, -0.25) is 0 Å². The second-order valence-corrected chi connectivity index (χ2v) is 5.13. The molecule has 88 valence electrons. The lowest BCUT2D eigenvalue weighted by molar-refractivity contribution is -0.136. The van der Waals surface area contributed by atoms with Gasteiger partial charge in [0.25, 0.3) is 0 Å². The van der Waals surface area contributed by atoms with Crippen LogP contribution in [0.2, 0.25) is 0 Å². The first-order chi connectivity index (χ1) is 6.69. The lowest BCUT2D eigenvalue weighted by Gasteiger charge is -2.31. The molecular weight excluding hydrogens is 190 g/mol. The molecular formula is C12H23NO2. The number of hydrogen-bond donors (Lipinski definition) is 1. The van der Waals surface area contributed by atoms with Crippen LogP contribution >= 0.6 is 0 Å². The summed E-state index contributed by atoms with van der Waals surface area (Å²) in [4.78, 5) is 11.4. The molecule has 0 saturated heterocycles. The van der Waals surface area contributed by atoms with Gasteiger partial charge in [-0.1, -0.05) is 20.4 Å². The molecule has 0 radical (unpaired) electrons. The number of carbonyl (C=O) groups is 1. The van der Waals surface area contributed by atoms with Crippen LogP contribution in [0.4, 0.5) is 0 Å². The van der Waals surface area contributed by atoms with E-state index in [-0.39, 0.29) is 17.6 Å². The molecule has 0 aromatic rings. The molecule has 0 aliphatic heterocycles. The maximum absolute atomic E-state index is 11.4. The van der Waals surface area contributed by atoms with Crippen molar-refractivity contribution in [3.05, 3.63) is 12.2 Å². The third-order valence-electron chi connectivity index (χ3n) is 2.08. The van der Waals surface area contributed by atoms with Crippen LogP contribution in [0.15, 0.2) is 12.2 Å². The van der Waals surface area contributed by atoms with E-state index >= 15 is 0 Å². The van der Waals surface area contributed by atoms with Crippen molar-refractivity contribution in [2.45, 2.75) is 46.2 Å². The Labute approximate surface area is 92.9 Å². The summed E-state index contributed by atoms with van der Waals surface area (Å²) in [6.45, 7) is 14.1. The molecule has 0 amide bonds. The van der Waals surface area contributed by atoms with Crippen LogP contribution < -0.4 is 5.32 Å². The van der Waals surface area contributed by atoms with E-state index in [0.29, 0.717) is 11.5 Å². The predicted molar refractivity (Wildman–Crippen MR) is 62.7 cm³/mol. The molecule has 0 fully saturated rings. The lowest BCUT2D eigenvalue weighted by Crippen LogP contribution is -2.48. The number of methoxy groups -OCH3 is 1. The SMILES string of the molecule is C=C(C(=O)OC)C(NC(C)(C)C)C(C)C. The van der Waals surface area contributed by atoms with Gasteiger partial charge in [0, 0.05) is 17.2 Å².